The second-order valence-corrected chi connectivity index (χ2v) is 3.20. The molecule has 3 heteroatoms. The number of nitrogens with zero attached hydrogens (tertiary/aromatic N) is 2. The highest BCUT2D eigenvalue weighted by molar-refractivity contribution is 6.30. The van der Waals surface area contributed by atoms with Gasteiger partial charge < -0.3 is 4.90 Å². The normalized spacial score (nSPS) is 15.6. The first-order valence-corrected chi connectivity index (χ1v) is 4.26. The number of hydrogen-bond acceptors (Lipinski definition) is 1. The molecule has 1 aliphatic rings. The Kier molecular flexibility index (Phi) is 2.00. The van der Waals surface area contributed by atoms with Crippen molar-refractivity contribution in [2.24, 2.45) is 4.99 Å². The van der Waals surface area contributed by atoms with Crippen molar-refractivity contribution in [3.8, 4) is 0 Å². The van der Waals surface area contributed by atoms with E-state index in [0.717, 1.165) is 23.8 Å². The van der Waals surface area contributed by atoms with E-state index in [1.807, 2.05) is 30.6 Å². The van der Waals surface area contributed by atoms with Crippen LogP contribution in [0.4, 0.5) is 5.69 Å². The maximum Gasteiger partial charge on any atom is 0.0913 e. The Morgan fingerprint density at radius 3 is 2.92 bits per heavy atom. The van der Waals surface area contributed by atoms with E-state index in [0.29, 0.717) is 0 Å². The minimum absolute atomic E-state index is 0.732. The number of hydrogen-bond donors (Lipinski definition) is 0. The summed E-state index contributed by atoms with van der Waals surface area (Å²) in [6.45, 7) is 2.26. The number of halogens is 1. The summed E-state index contributed by atoms with van der Waals surface area (Å²) >= 11 is 5.79. The first-order chi connectivity index (χ1) is 5.84. The molecule has 0 aromatic heterocycles. The molecular weight excluding hydrogens is 172 g/mol. The monoisotopic (exact) mass is 180 g/mol. The molecule has 1 fully saturated rings. The number of benzene rings is 1. The molecule has 2 nitrogen and oxygen atoms in total. The van der Waals surface area contributed by atoms with Crippen molar-refractivity contribution in [3.05, 3.63) is 29.3 Å². The van der Waals surface area contributed by atoms with Crippen LogP contribution in [0.5, 0.6) is 0 Å². The Bertz CT molecular complexity index is 305. The maximum absolute atomic E-state index is 5.79. The van der Waals surface area contributed by atoms with Crippen molar-refractivity contribution in [2.45, 2.75) is 0 Å². The Morgan fingerprint density at radius 1 is 1.42 bits per heavy atom. The Morgan fingerprint density at radius 2 is 2.25 bits per heavy atom. The van der Waals surface area contributed by atoms with Crippen LogP contribution in [0.3, 0.4) is 0 Å². The molecule has 1 saturated heterocycles. The molecule has 12 heavy (non-hydrogen) atoms. The molecule has 2 rings (SSSR count). The van der Waals surface area contributed by atoms with Crippen LogP contribution < -0.4 is 0 Å². The Labute approximate surface area is 76.5 Å². The van der Waals surface area contributed by atoms with Crippen molar-refractivity contribution in [3.63, 3.8) is 0 Å². The third-order valence-electron chi connectivity index (χ3n) is 1.66. The molecule has 0 aliphatic carbocycles. The van der Waals surface area contributed by atoms with E-state index in [1.165, 1.54) is 0 Å². The lowest BCUT2D eigenvalue weighted by Crippen LogP contribution is -1.88. The van der Waals surface area contributed by atoms with Crippen LogP contribution in [0.25, 0.3) is 0 Å². The van der Waals surface area contributed by atoms with Crippen LogP contribution >= 0.6 is 11.6 Å². The smallest absolute Gasteiger partial charge is 0.0913 e. The summed E-state index contributed by atoms with van der Waals surface area (Å²) in [4.78, 5) is 6.37. The van der Waals surface area contributed by atoms with Gasteiger partial charge in [-0.15, -0.1) is 0 Å². The van der Waals surface area contributed by atoms with Gasteiger partial charge in [-0.05, 0) is 18.2 Å². The molecule has 0 bridgehead atoms. The van der Waals surface area contributed by atoms with Crippen molar-refractivity contribution < 1.29 is 0 Å². The van der Waals surface area contributed by atoms with Gasteiger partial charge in [0.15, 0.2) is 0 Å². The Balaban J connectivity index is 2.11. The fraction of sp³-hybridized carbons (Fsp3) is 0.222. The molecule has 1 heterocycles. The van der Waals surface area contributed by atoms with Crippen molar-refractivity contribution in [1.29, 1.82) is 0 Å². The molecule has 0 saturated carbocycles. The van der Waals surface area contributed by atoms with Gasteiger partial charge in [-0.3, -0.25) is 0 Å². The highest BCUT2D eigenvalue weighted by Crippen LogP contribution is 2.17. The van der Waals surface area contributed by atoms with Gasteiger partial charge in [0.25, 0.3) is 0 Å². The summed E-state index contributed by atoms with van der Waals surface area (Å²) in [5.41, 5.74) is 0.911. The second-order valence-electron chi connectivity index (χ2n) is 2.76. The largest absolute Gasteiger partial charge is 0.359 e. The molecule has 1 aliphatic heterocycles. The van der Waals surface area contributed by atoms with Crippen LogP contribution in [0, 0.1) is 0 Å². The lowest BCUT2D eigenvalue weighted by Gasteiger charge is -1.93. The molecule has 1 aromatic rings. The molecule has 1 aromatic carbocycles. The van der Waals surface area contributed by atoms with Gasteiger partial charge in [0.2, 0.25) is 0 Å². The topological polar surface area (TPSA) is 15.4 Å². The number of rotatable bonds is 2. The summed E-state index contributed by atoms with van der Waals surface area (Å²) in [6.07, 6.45) is 1.85. The third kappa shape index (κ3) is 1.98. The standard InChI is InChI=1S/C9H9ClN2/c10-8-2-1-3-9(6-8)11-7-12-4-5-12/h1-3,6-7H,4-5H2. The van der Waals surface area contributed by atoms with Gasteiger partial charge in [0.05, 0.1) is 12.0 Å². The van der Waals surface area contributed by atoms with Crippen LogP contribution in [0.15, 0.2) is 29.3 Å². The van der Waals surface area contributed by atoms with Crippen LogP contribution in [-0.4, -0.2) is 24.3 Å². The van der Waals surface area contributed by atoms with Crippen molar-refractivity contribution >= 4 is 23.6 Å². The zero-order valence-corrected chi connectivity index (χ0v) is 7.33. The molecular formula is C9H9ClN2. The SMILES string of the molecule is Clc1cccc(N=CN2CC2)c1. The third-order valence-corrected chi connectivity index (χ3v) is 1.90. The van der Waals surface area contributed by atoms with Crippen LogP contribution in [0.1, 0.15) is 0 Å². The predicted octanol–water partition coefficient (Wildman–Crippen LogP) is 2.32. The van der Waals surface area contributed by atoms with E-state index >= 15 is 0 Å². The van der Waals surface area contributed by atoms with Gasteiger partial charge in [-0.2, -0.15) is 0 Å². The lowest BCUT2D eigenvalue weighted by molar-refractivity contribution is 0.875. The highest BCUT2D eigenvalue weighted by atomic mass is 35.5. The summed E-state index contributed by atoms with van der Waals surface area (Å²) in [5, 5.41) is 0.732. The maximum atomic E-state index is 5.79. The summed E-state index contributed by atoms with van der Waals surface area (Å²) in [5.74, 6) is 0. The second kappa shape index (κ2) is 3.15. The van der Waals surface area contributed by atoms with Gasteiger partial charge in [-0.1, -0.05) is 17.7 Å². The molecule has 0 N–H and O–H groups in total. The average molecular weight is 181 g/mol. The molecule has 62 valence electrons. The van der Waals surface area contributed by atoms with Crippen molar-refractivity contribution in [1.82, 2.24) is 4.90 Å². The summed E-state index contributed by atoms with van der Waals surface area (Å²) < 4.78 is 0. The van der Waals surface area contributed by atoms with Crippen LogP contribution in [0.2, 0.25) is 5.02 Å². The predicted molar refractivity (Wildman–Crippen MR) is 51.2 cm³/mol. The van der Waals surface area contributed by atoms with Gasteiger partial charge in [0.1, 0.15) is 0 Å². The summed E-state index contributed by atoms with van der Waals surface area (Å²) in [7, 11) is 0. The molecule has 0 spiro atoms. The lowest BCUT2D eigenvalue weighted by atomic mass is 10.3. The van der Waals surface area contributed by atoms with E-state index in [4.69, 9.17) is 11.6 Å². The first kappa shape index (κ1) is 7.62. The fourth-order valence-electron chi connectivity index (χ4n) is 0.878. The van der Waals surface area contributed by atoms with Gasteiger partial charge in [0, 0.05) is 18.1 Å². The highest BCUT2D eigenvalue weighted by Gasteiger charge is 2.11. The van der Waals surface area contributed by atoms with E-state index in [2.05, 4.69) is 9.89 Å². The minimum Gasteiger partial charge on any atom is -0.359 e. The first-order valence-electron chi connectivity index (χ1n) is 3.88. The van der Waals surface area contributed by atoms with Gasteiger partial charge >= 0.3 is 0 Å². The molecule has 0 atom stereocenters. The molecule has 0 unspecified atom stereocenters. The quantitative estimate of drug-likeness (QED) is 0.388. The minimum atomic E-state index is 0.732. The van der Waals surface area contributed by atoms with E-state index in [1.54, 1.807) is 0 Å². The zero-order chi connectivity index (χ0) is 8.39. The van der Waals surface area contributed by atoms with Crippen LogP contribution in [-0.2, 0) is 0 Å². The zero-order valence-electron chi connectivity index (χ0n) is 6.57. The summed E-state index contributed by atoms with van der Waals surface area (Å²) in [6, 6.07) is 7.53. The average Bonchev–Trinajstić information content (AvgIpc) is 2.84. The van der Waals surface area contributed by atoms with E-state index in [9.17, 15) is 0 Å². The van der Waals surface area contributed by atoms with Crippen molar-refractivity contribution in [2.75, 3.05) is 13.1 Å². The number of aliphatic imine (C=N–C) groups is 1. The molecule has 0 radical (unpaired) electrons. The Hall–Kier alpha value is -1.02. The molecule has 0 amide bonds. The van der Waals surface area contributed by atoms with Gasteiger partial charge in [-0.25, -0.2) is 4.99 Å². The van der Waals surface area contributed by atoms with E-state index in [-0.39, 0.29) is 0 Å². The fourth-order valence-corrected chi connectivity index (χ4v) is 1.06. The van der Waals surface area contributed by atoms with E-state index < -0.39 is 0 Å².